The minimum Gasteiger partial charge on any atom is -0.372 e. The molecule has 0 aliphatic heterocycles. The fourth-order valence-electron chi connectivity index (χ4n) is 1.30. The molecule has 1 heterocycles. The van der Waals surface area contributed by atoms with Crippen molar-refractivity contribution in [2.24, 2.45) is 0 Å². The van der Waals surface area contributed by atoms with Crippen molar-refractivity contribution in [2.45, 2.75) is 6.92 Å². The Labute approximate surface area is 86.7 Å². The number of fused-ring (bicyclic) bond motifs is 1. The molecule has 0 saturated heterocycles. The normalized spacial score (nSPS) is 10.7. The molecule has 0 aliphatic carbocycles. The van der Waals surface area contributed by atoms with E-state index in [-0.39, 0.29) is 0 Å². The van der Waals surface area contributed by atoms with Crippen LogP contribution >= 0.6 is 15.9 Å². The van der Waals surface area contributed by atoms with E-state index in [0.717, 1.165) is 5.56 Å². The Hall–Kier alpha value is -1.36. The number of hydrogen-bond donors (Lipinski definition) is 1. The van der Waals surface area contributed by atoms with Gasteiger partial charge in [0.05, 0.1) is 10.9 Å². The van der Waals surface area contributed by atoms with Gasteiger partial charge < -0.3 is 4.42 Å². The van der Waals surface area contributed by atoms with E-state index < -0.39 is 11.4 Å². The van der Waals surface area contributed by atoms with Gasteiger partial charge in [0.15, 0.2) is 0 Å². The molecule has 2 rings (SSSR count). The van der Waals surface area contributed by atoms with Gasteiger partial charge in [0, 0.05) is 4.47 Å². The molecule has 0 saturated carbocycles. The van der Waals surface area contributed by atoms with Crippen LogP contribution in [0.5, 0.6) is 0 Å². The summed E-state index contributed by atoms with van der Waals surface area (Å²) in [5, 5.41) is 0.372. The van der Waals surface area contributed by atoms with Crippen LogP contribution in [0.2, 0.25) is 0 Å². The number of halogens is 1. The summed E-state index contributed by atoms with van der Waals surface area (Å²) < 4.78 is 5.09. The summed E-state index contributed by atoms with van der Waals surface area (Å²) in [5.74, 6) is -0.743. The SMILES string of the molecule is Cc1cc(Br)c2[nH]c(=O)oc(=O)c2c1. The first-order chi connectivity index (χ1) is 6.58. The third kappa shape index (κ3) is 1.39. The van der Waals surface area contributed by atoms with Gasteiger partial charge in [-0.25, -0.2) is 9.59 Å². The van der Waals surface area contributed by atoms with Crippen molar-refractivity contribution in [1.82, 2.24) is 4.98 Å². The highest BCUT2D eigenvalue weighted by atomic mass is 79.9. The summed E-state index contributed by atoms with van der Waals surface area (Å²) in [4.78, 5) is 24.7. The van der Waals surface area contributed by atoms with E-state index in [1.807, 2.05) is 13.0 Å². The number of hydrogen-bond acceptors (Lipinski definition) is 3. The molecule has 0 amide bonds. The number of H-pyrrole nitrogens is 1. The predicted molar refractivity (Wildman–Crippen MR) is 55.5 cm³/mol. The average molecular weight is 256 g/mol. The Bertz CT molecular complexity index is 611. The third-order valence-electron chi connectivity index (χ3n) is 1.87. The van der Waals surface area contributed by atoms with E-state index in [4.69, 9.17) is 0 Å². The molecule has 4 nitrogen and oxygen atoms in total. The highest BCUT2D eigenvalue weighted by Crippen LogP contribution is 2.20. The van der Waals surface area contributed by atoms with Gasteiger partial charge in [-0.05, 0) is 40.5 Å². The molecule has 1 N–H and O–H groups in total. The van der Waals surface area contributed by atoms with Gasteiger partial charge in [0.2, 0.25) is 0 Å². The van der Waals surface area contributed by atoms with Crippen molar-refractivity contribution in [3.8, 4) is 0 Å². The second kappa shape index (κ2) is 3.09. The second-order valence-electron chi connectivity index (χ2n) is 2.97. The number of nitrogens with one attached hydrogen (secondary N) is 1. The monoisotopic (exact) mass is 255 g/mol. The molecule has 0 spiro atoms. The van der Waals surface area contributed by atoms with Crippen LogP contribution in [0.25, 0.3) is 10.9 Å². The summed E-state index contributed by atoms with van der Waals surface area (Å²) in [7, 11) is 0. The Kier molecular flexibility index (Phi) is 2.03. The van der Waals surface area contributed by atoms with Gasteiger partial charge in [0.1, 0.15) is 0 Å². The maximum absolute atomic E-state index is 11.3. The van der Waals surface area contributed by atoms with E-state index in [0.29, 0.717) is 15.4 Å². The van der Waals surface area contributed by atoms with Gasteiger partial charge in [-0.1, -0.05) is 0 Å². The van der Waals surface area contributed by atoms with Crippen molar-refractivity contribution in [2.75, 3.05) is 0 Å². The molecule has 14 heavy (non-hydrogen) atoms. The molecule has 2 aromatic rings. The van der Waals surface area contributed by atoms with Crippen LogP contribution in [-0.2, 0) is 0 Å². The second-order valence-corrected chi connectivity index (χ2v) is 3.83. The van der Waals surface area contributed by atoms with Crippen LogP contribution in [0.3, 0.4) is 0 Å². The van der Waals surface area contributed by atoms with Crippen LogP contribution in [0.15, 0.2) is 30.6 Å². The Morgan fingerprint density at radius 2 is 2.07 bits per heavy atom. The number of aromatic amines is 1. The average Bonchev–Trinajstić information content (AvgIpc) is 2.07. The van der Waals surface area contributed by atoms with Crippen molar-refractivity contribution >= 4 is 26.8 Å². The lowest BCUT2D eigenvalue weighted by molar-refractivity contribution is 0.460. The third-order valence-corrected chi connectivity index (χ3v) is 2.49. The van der Waals surface area contributed by atoms with Gasteiger partial charge in [-0.3, -0.25) is 4.98 Å². The van der Waals surface area contributed by atoms with Crippen molar-refractivity contribution in [3.63, 3.8) is 0 Å². The van der Waals surface area contributed by atoms with E-state index in [1.165, 1.54) is 0 Å². The molecule has 72 valence electrons. The molecule has 0 aliphatic rings. The molecule has 0 unspecified atom stereocenters. The maximum atomic E-state index is 11.3. The van der Waals surface area contributed by atoms with E-state index in [1.54, 1.807) is 6.07 Å². The van der Waals surface area contributed by atoms with Crippen LogP contribution in [0.1, 0.15) is 5.56 Å². The summed E-state index contributed by atoms with van der Waals surface area (Å²) in [6, 6.07) is 3.49. The number of benzene rings is 1. The van der Waals surface area contributed by atoms with Crippen LogP contribution in [-0.4, -0.2) is 4.98 Å². The summed E-state index contributed by atoms with van der Waals surface area (Å²) in [5.41, 5.74) is 0.772. The lowest BCUT2D eigenvalue weighted by Gasteiger charge is -1.99. The number of aryl methyl sites for hydroxylation is 1. The topological polar surface area (TPSA) is 63.1 Å². The van der Waals surface area contributed by atoms with E-state index in [2.05, 4.69) is 25.3 Å². The molecular weight excluding hydrogens is 250 g/mol. The zero-order chi connectivity index (χ0) is 10.3. The Morgan fingerprint density at radius 1 is 1.36 bits per heavy atom. The van der Waals surface area contributed by atoms with Crippen molar-refractivity contribution in [1.29, 1.82) is 0 Å². The fraction of sp³-hybridized carbons (Fsp3) is 0.111. The van der Waals surface area contributed by atoms with Gasteiger partial charge >= 0.3 is 11.4 Å². The van der Waals surface area contributed by atoms with Crippen molar-refractivity contribution in [3.05, 3.63) is 43.1 Å². The molecule has 0 fully saturated rings. The first kappa shape index (κ1) is 9.21. The van der Waals surface area contributed by atoms with Crippen LogP contribution in [0, 0.1) is 6.92 Å². The number of aromatic nitrogens is 1. The van der Waals surface area contributed by atoms with Gasteiger partial charge in [-0.15, -0.1) is 0 Å². The zero-order valence-corrected chi connectivity index (χ0v) is 8.84. The van der Waals surface area contributed by atoms with Gasteiger partial charge in [0.25, 0.3) is 0 Å². The first-order valence-corrected chi connectivity index (χ1v) is 4.70. The highest BCUT2D eigenvalue weighted by Gasteiger charge is 2.06. The van der Waals surface area contributed by atoms with E-state index in [9.17, 15) is 9.59 Å². The van der Waals surface area contributed by atoms with Crippen molar-refractivity contribution < 1.29 is 4.42 Å². The standard InChI is InChI=1S/C9H6BrNO3/c1-4-2-5-7(6(10)3-4)11-9(13)14-8(5)12/h2-3H,1H3,(H,11,13). The lowest BCUT2D eigenvalue weighted by Crippen LogP contribution is -2.14. The highest BCUT2D eigenvalue weighted by molar-refractivity contribution is 9.10. The van der Waals surface area contributed by atoms with Gasteiger partial charge in [-0.2, -0.15) is 0 Å². The predicted octanol–water partition coefficient (Wildman–Crippen LogP) is 1.55. The first-order valence-electron chi connectivity index (χ1n) is 3.91. The molecule has 0 atom stereocenters. The van der Waals surface area contributed by atoms with Crippen LogP contribution < -0.4 is 11.4 Å². The molecular formula is C9H6BrNO3. The van der Waals surface area contributed by atoms with E-state index >= 15 is 0 Å². The Morgan fingerprint density at radius 3 is 2.79 bits per heavy atom. The molecule has 5 heteroatoms. The smallest absolute Gasteiger partial charge is 0.372 e. The summed E-state index contributed by atoms with van der Waals surface area (Å²) in [6.45, 7) is 1.86. The zero-order valence-electron chi connectivity index (χ0n) is 7.26. The summed E-state index contributed by atoms with van der Waals surface area (Å²) >= 11 is 3.27. The molecule has 0 radical (unpaired) electrons. The largest absolute Gasteiger partial charge is 0.419 e. The molecule has 1 aromatic carbocycles. The quantitative estimate of drug-likeness (QED) is 0.777. The minimum absolute atomic E-state index is 0.372. The fourth-order valence-corrected chi connectivity index (χ4v) is 1.97. The minimum atomic E-state index is -0.743. The lowest BCUT2D eigenvalue weighted by atomic mass is 10.2. The maximum Gasteiger partial charge on any atom is 0.419 e. The molecule has 1 aromatic heterocycles. The van der Waals surface area contributed by atoms with Crippen LogP contribution in [0.4, 0.5) is 0 Å². The Balaban J connectivity index is 3.10. The molecule has 0 bridgehead atoms. The summed E-state index contributed by atoms with van der Waals surface area (Å²) in [6.07, 6.45) is 0. The number of rotatable bonds is 0.